The fraction of sp³-hybridized carbons (Fsp3) is 0.519. The van der Waals surface area contributed by atoms with Crippen LogP contribution in [0.1, 0.15) is 40.4 Å². The molecule has 2 fully saturated rings. The van der Waals surface area contributed by atoms with Gasteiger partial charge in [-0.3, -0.25) is 0 Å². The van der Waals surface area contributed by atoms with Crippen molar-refractivity contribution in [1.29, 1.82) is 0 Å². The molecule has 2 aromatic rings. The number of ether oxygens (including phenoxy) is 5. The lowest BCUT2D eigenvalue weighted by atomic mass is 9.94. The minimum Gasteiger partial charge on any atom is -0.462 e. The Morgan fingerprint density at radius 3 is 1.97 bits per heavy atom. The maximum atomic E-state index is 13.0. The highest BCUT2D eigenvalue weighted by Crippen LogP contribution is 2.37. The number of carbonyl (C=O) groups is 1. The number of rotatable bonds is 7. The first-order valence-corrected chi connectivity index (χ1v) is 12.8. The number of hydrogen-bond acceptors (Lipinski definition) is 12. The lowest BCUT2D eigenvalue weighted by Gasteiger charge is -2.37. The SMILES string of the molecule is O=C1O[C@H](c2ccc(O[C@@H]3O[C@H](CO)C[C@H](O)[C@H]3O)cc2)Cc2cccc(O[C@@H]3O[C@H](CO)CC(O)[C@H]3O)c21. The minimum atomic E-state index is -1.37. The van der Waals surface area contributed by atoms with Gasteiger partial charge in [-0.1, -0.05) is 24.3 Å². The quantitative estimate of drug-likeness (QED) is 0.246. The molecule has 5 rings (SSSR count). The van der Waals surface area contributed by atoms with Crippen molar-refractivity contribution in [2.75, 3.05) is 13.2 Å². The molecule has 12 nitrogen and oxygen atoms in total. The molecule has 3 aliphatic heterocycles. The third-order valence-corrected chi connectivity index (χ3v) is 7.13. The summed E-state index contributed by atoms with van der Waals surface area (Å²) in [5, 5.41) is 59.3. The Bertz CT molecular complexity index is 1140. The average Bonchev–Trinajstić information content (AvgIpc) is 2.93. The van der Waals surface area contributed by atoms with Crippen molar-refractivity contribution < 1.29 is 59.1 Å². The topological polar surface area (TPSA) is 185 Å². The lowest BCUT2D eigenvalue weighted by molar-refractivity contribution is -0.240. The maximum Gasteiger partial charge on any atom is 0.342 e. The third kappa shape index (κ3) is 5.88. The van der Waals surface area contributed by atoms with Crippen molar-refractivity contribution in [1.82, 2.24) is 0 Å². The molecule has 0 amide bonds. The van der Waals surface area contributed by atoms with E-state index in [0.717, 1.165) is 0 Å². The second-order valence-electron chi connectivity index (χ2n) is 9.90. The summed E-state index contributed by atoms with van der Waals surface area (Å²) < 4.78 is 28.2. The monoisotopic (exact) mass is 548 g/mol. The van der Waals surface area contributed by atoms with E-state index in [1.54, 1.807) is 36.4 Å². The standard InChI is InChI=1S/C27H32O12/c28-11-16-9-18(30)23(32)26(36-16)35-15-6-4-13(5-7-15)21-8-14-2-1-3-20(22(14)25(34)38-21)39-27-24(33)19(31)10-17(12-29)37-27/h1-7,16-19,21,23-24,26-33H,8-12H2/t16-,17-,18-,19?,21-,23+,24+,26+,27-/m0/s1. The Labute approximate surface area is 223 Å². The summed E-state index contributed by atoms with van der Waals surface area (Å²) in [6.07, 6.45) is -8.83. The van der Waals surface area contributed by atoms with Gasteiger partial charge in [0, 0.05) is 19.3 Å². The van der Waals surface area contributed by atoms with Crippen molar-refractivity contribution in [2.24, 2.45) is 0 Å². The zero-order valence-corrected chi connectivity index (χ0v) is 20.9. The fourth-order valence-corrected chi connectivity index (χ4v) is 4.97. The summed E-state index contributed by atoms with van der Waals surface area (Å²) in [7, 11) is 0. The maximum absolute atomic E-state index is 13.0. The van der Waals surface area contributed by atoms with Gasteiger partial charge in [0.2, 0.25) is 12.6 Å². The summed E-state index contributed by atoms with van der Waals surface area (Å²) in [5.41, 5.74) is 1.53. The molecule has 3 aliphatic rings. The Morgan fingerprint density at radius 2 is 1.38 bits per heavy atom. The fourth-order valence-electron chi connectivity index (χ4n) is 4.97. The first-order valence-electron chi connectivity index (χ1n) is 12.8. The van der Waals surface area contributed by atoms with Crippen LogP contribution in [-0.2, 0) is 20.6 Å². The van der Waals surface area contributed by atoms with Gasteiger partial charge >= 0.3 is 5.97 Å². The van der Waals surface area contributed by atoms with Crippen molar-refractivity contribution in [3.05, 3.63) is 59.2 Å². The summed E-state index contributed by atoms with van der Waals surface area (Å²) in [6, 6.07) is 11.6. The molecule has 0 aliphatic carbocycles. The first kappa shape index (κ1) is 27.7. The molecular weight excluding hydrogens is 516 g/mol. The van der Waals surface area contributed by atoms with E-state index >= 15 is 0 Å². The number of fused-ring (bicyclic) bond motifs is 1. The van der Waals surface area contributed by atoms with Gasteiger partial charge in [0.25, 0.3) is 0 Å². The smallest absolute Gasteiger partial charge is 0.342 e. The van der Waals surface area contributed by atoms with E-state index in [0.29, 0.717) is 23.3 Å². The van der Waals surface area contributed by atoms with Crippen LogP contribution in [0.5, 0.6) is 11.5 Å². The summed E-state index contributed by atoms with van der Waals surface area (Å²) in [6.45, 7) is -0.674. The van der Waals surface area contributed by atoms with Gasteiger partial charge in [0.15, 0.2) is 0 Å². The first-order chi connectivity index (χ1) is 18.8. The highest BCUT2D eigenvalue weighted by atomic mass is 16.7. The van der Waals surface area contributed by atoms with Crippen LogP contribution in [0.4, 0.5) is 0 Å². The summed E-state index contributed by atoms with van der Waals surface area (Å²) in [4.78, 5) is 13.0. The zero-order chi connectivity index (χ0) is 27.7. The number of hydrogen-bond donors (Lipinski definition) is 6. The number of aliphatic hydroxyl groups is 6. The van der Waals surface area contributed by atoms with Gasteiger partial charge in [-0.15, -0.1) is 0 Å². The van der Waals surface area contributed by atoms with E-state index < -0.39 is 61.3 Å². The summed E-state index contributed by atoms with van der Waals surface area (Å²) >= 11 is 0. The van der Waals surface area contributed by atoms with Gasteiger partial charge in [-0.2, -0.15) is 0 Å². The molecule has 1 unspecified atom stereocenters. The molecule has 0 spiro atoms. The molecule has 6 N–H and O–H groups in total. The molecule has 2 saturated heterocycles. The van der Waals surface area contributed by atoms with Gasteiger partial charge in [-0.25, -0.2) is 4.79 Å². The zero-order valence-electron chi connectivity index (χ0n) is 20.9. The number of benzene rings is 2. The van der Waals surface area contributed by atoms with Crippen molar-refractivity contribution in [2.45, 2.75) is 74.6 Å². The van der Waals surface area contributed by atoms with Crippen LogP contribution in [-0.4, -0.2) is 99.0 Å². The van der Waals surface area contributed by atoms with E-state index in [-0.39, 0.29) is 37.4 Å². The van der Waals surface area contributed by atoms with Crippen LogP contribution >= 0.6 is 0 Å². The molecule has 12 heteroatoms. The second kappa shape index (κ2) is 11.7. The number of carbonyl (C=O) groups excluding carboxylic acids is 1. The lowest BCUT2D eigenvalue weighted by Crippen LogP contribution is -2.51. The Morgan fingerprint density at radius 1 is 0.795 bits per heavy atom. The average molecular weight is 549 g/mol. The normalized spacial score (nSPS) is 34.6. The van der Waals surface area contributed by atoms with E-state index in [1.165, 1.54) is 6.07 Å². The van der Waals surface area contributed by atoms with E-state index in [1.807, 2.05) is 0 Å². The van der Waals surface area contributed by atoms with Crippen LogP contribution in [0.2, 0.25) is 0 Å². The highest BCUT2D eigenvalue weighted by Gasteiger charge is 2.40. The van der Waals surface area contributed by atoms with Crippen LogP contribution in [0.3, 0.4) is 0 Å². The number of esters is 1. The van der Waals surface area contributed by atoms with Gasteiger partial charge in [-0.05, 0) is 29.3 Å². The molecule has 3 heterocycles. The van der Waals surface area contributed by atoms with Crippen molar-refractivity contribution in [3.63, 3.8) is 0 Å². The molecule has 0 saturated carbocycles. The van der Waals surface area contributed by atoms with Crippen molar-refractivity contribution >= 4 is 5.97 Å². The van der Waals surface area contributed by atoms with E-state index in [9.17, 15) is 35.4 Å². The van der Waals surface area contributed by atoms with Crippen LogP contribution < -0.4 is 9.47 Å². The van der Waals surface area contributed by atoms with Gasteiger partial charge in [0.1, 0.15) is 35.4 Å². The Balaban J connectivity index is 1.27. The molecule has 0 bridgehead atoms. The molecule has 2 aromatic carbocycles. The number of aliphatic hydroxyl groups excluding tert-OH is 6. The molecule has 39 heavy (non-hydrogen) atoms. The highest BCUT2D eigenvalue weighted by molar-refractivity contribution is 5.95. The molecule has 212 valence electrons. The van der Waals surface area contributed by atoms with Crippen LogP contribution in [0.15, 0.2) is 42.5 Å². The molecular formula is C27H32O12. The largest absolute Gasteiger partial charge is 0.462 e. The second-order valence-corrected chi connectivity index (χ2v) is 9.90. The van der Waals surface area contributed by atoms with Gasteiger partial charge in [0.05, 0.1) is 37.6 Å². The minimum absolute atomic E-state index is 0.0529. The predicted molar refractivity (Wildman–Crippen MR) is 131 cm³/mol. The van der Waals surface area contributed by atoms with Gasteiger partial charge < -0.3 is 54.3 Å². The predicted octanol–water partition coefficient (Wildman–Crippen LogP) is -0.443. The molecule has 0 aromatic heterocycles. The van der Waals surface area contributed by atoms with E-state index in [2.05, 4.69) is 0 Å². The third-order valence-electron chi connectivity index (χ3n) is 7.13. The molecule has 0 radical (unpaired) electrons. The molecule has 9 atom stereocenters. The summed E-state index contributed by atoms with van der Waals surface area (Å²) in [5.74, 6) is -0.158. The van der Waals surface area contributed by atoms with Crippen molar-refractivity contribution in [3.8, 4) is 11.5 Å². The Hall–Kier alpha value is -2.81. The Kier molecular flexibility index (Phi) is 8.35. The van der Waals surface area contributed by atoms with Crippen LogP contribution in [0, 0.1) is 0 Å². The van der Waals surface area contributed by atoms with Crippen LogP contribution in [0.25, 0.3) is 0 Å². The number of cyclic esters (lactones) is 1. The van der Waals surface area contributed by atoms with E-state index in [4.69, 9.17) is 23.7 Å².